The van der Waals surface area contributed by atoms with Crippen LogP contribution in [0.2, 0.25) is 0 Å². The summed E-state index contributed by atoms with van der Waals surface area (Å²) in [6, 6.07) is -5.11. The molecule has 0 aromatic carbocycles. The normalized spacial score (nSPS) is 15.6. The van der Waals surface area contributed by atoms with Crippen LogP contribution >= 0.6 is 22.7 Å². The van der Waals surface area contributed by atoms with Gasteiger partial charge in [0.25, 0.3) is 0 Å². The van der Waals surface area contributed by atoms with E-state index in [0.29, 0.717) is 51.6 Å². The van der Waals surface area contributed by atoms with Gasteiger partial charge in [0.15, 0.2) is 0 Å². The predicted octanol–water partition coefficient (Wildman–Crippen LogP) is 5.43. The van der Waals surface area contributed by atoms with Crippen molar-refractivity contribution < 1.29 is 63.3 Å². The summed E-state index contributed by atoms with van der Waals surface area (Å²) in [7, 11) is 3.14. The number of carboxylic acid groups (broad SMARTS) is 1. The molecule has 92 heavy (non-hydrogen) atoms. The van der Waals surface area contributed by atoms with E-state index in [1.165, 1.54) is 34.8 Å². The van der Waals surface area contributed by atoms with Gasteiger partial charge in [-0.1, -0.05) is 111 Å². The first-order valence-electron chi connectivity index (χ1n) is 32.7. The molecule has 12 atom stereocenters. The van der Waals surface area contributed by atoms with E-state index in [9.17, 15) is 58.5 Å². The van der Waals surface area contributed by atoms with E-state index in [1.807, 2.05) is 122 Å². The monoisotopic (exact) mass is 1340 g/mol. The highest BCUT2D eigenvalue weighted by Crippen LogP contribution is 2.22. The molecule has 0 radical (unpaired) electrons. The molecule has 0 saturated heterocycles. The summed E-state index contributed by atoms with van der Waals surface area (Å²) in [5, 5.41) is 63.5. The highest BCUT2D eigenvalue weighted by atomic mass is 32.1. The molecule has 2 aromatic rings. The van der Waals surface area contributed by atoms with Gasteiger partial charge < -0.3 is 68.0 Å². The maximum Gasteiger partial charge on any atom is 0.404 e. The summed E-state index contributed by atoms with van der Waals surface area (Å²) in [5.74, 6) is -4.80. The first-order valence-corrected chi connectivity index (χ1v) is 34.5. The molecule has 0 bridgehead atoms. The lowest BCUT2D eigenvalue weighted by Gasteiger charge is -2.31. The first-order chi connectivity index (χ1) is 42.9. The van der Waals surface area contributed by atoms with Gasteiger partial charge in [0, 0.05) is 78.8 Å². The van der Waals surface area contributed by atoms with Crippen LogP contribution in [0.4, 0.5) is 4.79 Å². The van der Waals surface area contributed by atoms with Gasteiger partial charge in [-0.15, -0.1) is 22.7 Å². The van der Waals surface area contributed by atoms with E-state index in [-0.39, 0.29) is 91.0 Å². The van der Waals surface area contributed by atoms with Gasteiger partial charge >= 0.3 is 6.09 Å². The van der Waals surface area contributed by atoms with Crippen molar-refractivity contribution in [1.29, 1.82) is 0 Å². The number of nitrogens with one attached hydrogen (secondary N) is 9. The van der Waals surface area contributed by atoms with Crippen LogP contribution in [-0.4, -0.2) is 172 Å². The Morgan fingerprint density at radius 1 is 0.489 bits per heavy atom. The third-order valence-electron chi connectivity index (χ3n) is 15.4. The number of nitrogens with zero attached hydrogens (tertiary/aromatic N) is 3. The summed E-state index contributed by atoms with van der Waals surface area (Å²) in [6.45, 7) is 34.7. The number of amides is 9. The van der Waals surface area contributed by atoms with Gasteiger partial charge in [-0.05, 0) is 87.9 Å². The number of thiazole rings is 2. The van der Waals surface area contributed by atoms with Crippen LogP contribution in [0.15, 0.2) is 10.8 Å². The number of likely N-dealkylation sites (N-methyl/N-ethyl adjacent to an activating group) is 1. The fourth-order valence-electron chi connectivity index (χ4n) is 9.73. The van der Waals surface area contributed by atoms with Crippen molar-refractivity contribution in [3.8, 4) is 0 Å². The Morgan fingerprint density at radius 3 is 1.16 bits per heavy atom. The Labute approximate surface area is 555 Å². The molecule has 526 valence electrons. The van der Waals surface area contributed by atoms with E-state index in [2.05, 4.69) is 57.8 Å². The van der Waals surface area contributed by atoms with Gasteiger partial charge in [-0.3, -0.25) is 38.4 Å². The lowest BCUT2D eigenvalue weighted by molar-refractivity contribution is -0.141. The SMILES string of the molecule is CCC(Cc1nc(C)cs1)C(=O)NC(CN(C)OC)C(=O)NC(CC(C)C)C(O)CC(C)C(=O)NC(C(=O)NCC(C)C)C(C)C.CCC(Cc1nc(C)cs1)C(=O)NC(CNC(=O)O)C(=O)NC(CC(C)C)C(O)CC(C)C(=O)NC(C(=O)NCC(C)C)C(C)C. The van der Waals surface area contributed by atoms with Crippen LogP contribution in [0.1, 0.15) is 171 Å². The number of aliphatic hydroxyl groups excluding tert-OH is 2. The standard InChI is InChI=1S/C33H60N6O6S.C32H56N6O7S/c1-12-24(15-28-35-23(9)18-46-28)31(42)37-26(17-39(10)45-11)32(43)36-25(13-19(2)3)27(40)14-22(8)30(41)38-29(21(6)7)33(44)34-16-20(4)5;1-10-22(13-26-35-21(9)16-46-26)29(41)37-24(15-34-32(44)45)30(42)36-23(11-17(2)3)25(39)12-20(8)28(40)38-27(19(6)7)31(43)33-14-18(4)5/h18-22,24-27,29,40H,12-17H2,1-11H3,(H,34,44)(H,36,43)(H,37,42)(H,38,41);16-20,22-25,27,34,39H,10-15H2,1-9H3,(H,33,43)(H,36,42)(H,37,41)(H,38,40)(H,44,45). The lowest BCUT2D eigenvalue weighted by atomic mass is 9.91. The second kappa shape index (κ2) is 43.2. The summed E-state index contributed by atoms with van der Waals surface area (Å²) >= 11 is 2.95. The molecule has 0 fully saturated rings. The zero-order valence-corrected chi connectivity index (χ0v) is 60.2. The zero-order valence-electron chi connectivity index (χ0n) is 58.6. The van der Waals surface area contributed by atoms with Gasteiger partial charge in [0.2, 0.25) is 47.3 Å². The molecule has 2 heterocycles. The second-order valence-electron chi connectivity index (χ2n) is 26.8. The molecule has 0 aliphatic carbocycles. The highest BCUT2D eigenvalue weighted by Gasteiger charge is 2.36. The van der Waals surface area contributed by atoms with Gasteiger partial charge in [0.05, 0.1) is 54.5 Å². The molecule has 12 unspecified atom stereocenters. The second-order valence-corrected chi connectivity index (χ2v) is 28.7. The van der Waals surface area contributed by atoms with Crippen molar-refractivity contribution >= 4 is 76.0 Å². The fraction of sp³-hybridized carbons (Fsp3) is 0.769. The highest BCUT2D eigenvalue weighted by molar-refractivity contribution is 7.09. The number of aromatic nitrogens is 2. The van der Waals surface area contributed by atoms with Crippen molar-refractivity contribution in [3.05, 3.63) is 32.2 Å². The molecular formula is C65H116N12O13S2. The van der Waals surface area contributed by atoms with Crippen molar-refractivity contribution in [2.75, 3.05) is 40.3 Å². The van der Waals surface area contributed by atoms with Crippen LogP contribution < -0.4 is 47.9 Å². The third kappa shape index (κ3) is 32.8. The van der Waals surface area contributed by atoms with E-state index in [4.69, 9.17) is 4.84 Å². The van der Waals surface area contributed by atoms with Gasteiger partial charge in [-0.25, -0.2) is 14.8 Å². The molecule has 0 spiro atoms. The topological polar surface area (TPSA) is 361 Å². The number of hydroxylamine groups is 2. The minimum atomic E-state index is -1.35. The molecule has 9 amide bonds. The minimum Gasteiger partial charge on any atom is -0.465 e. The Bertz CT molecular complexity index is 2580. The van der Waals surface area contributed by atoms with Crippen LogP contribution in [0.3, 0.4) is 0 Å². The largest absolute Gasteiger partial charge is 0.465 e. The molecule has 2 aromatic heterocycles. The molecule has 2 rings (SSSR count). The number of carbonyl (C=O) groups excluding carboxylic acids is 8. The van der Waals surface area contributed by atoms with Crippen molar-refractivity contribution in [2.45, 2.75) is 224 Å². The molecule has 27 heteroatoms. The van der Waals surface area contributed by atoms with Gasteiger partial charge in [-0.2, -0.15) is 5.06 Å². The Hall–Kier alpha value is -5.87. The van der Waals surface area contributed by atoms with E-state index in [1.54, 1.807) is 20.9 Å². The summed E-state index contributed by atoms with van der Waals surface area (Å²) in [4.78, 5) is 131. The minimum absolute atomic E-state index is 0.00251. The maximum absolute atomic E-state index is 13.7. The number of rotatable bonds is 41. The average molecular weight is 1340 g/mol. The number of aliphatic hydroxyl groups is 2. The van der Waals surface area contributed by atoms with Gasteiger partial charge in [0.1, 0.15) is 24.2 Å². The lowest BCUT2D eigenvalue weighted by Crippen LogP contribution is -2.57. The number of aryl methyl sites for hydroxylation is 2. The molecule has 25 nitrogen and oxygen atoms in total. The average Bonchev–Trinajstić information content (AvgIpc) is 1.19. The molecule has 12 N–H and O–H groups in total. The summed E-state index contributed by atoms with van der Waals surface area (Å²) in [5.41, 5.74) is 1.76. The Morgan fingerprint density at radius 2 is 0.859 bits per heavy atom. The number of hydrogen-bond donors (Lipinski definition) is 12. The van der Waals surface area contributed by atoms with Crippen LogP contribution in [0.5, 0.6) is 0 Å². The maximum atomic E-state index is 13.7. The van der Waals surface area contributed by atoms with Crippen molar-refractivity contribution in [3.63, 3.8) is 0 Å². The van der Waals surface area contributed by atoms with E-state index < -0.39 is 95.9 Å². The van der Waals surface area contributed by atoms with E-state index in [0.717, 1.165) is 21.4 Å². The van der Waals surface area contributed by atoms with Crippen LogP contribution in [0.25, 0.3) is 0 Å². The summed E-state index contributed by atoms with van der Waals surface area (Å²) < 4.78 is 0. The molecule has 0 aliphatic heterocycles. The fourth-order valence-corrected chi connectivity index (χ4v) is 11.4. The quantitative estimate of drug-likeness (QED) is 0.0369. The van der Waals surface area contributed by atoms with Crippen molar-refractivity contribution in [2.24, 2.45) is 59.2 Å². The number of hydrogen-bond acceptors (Lipinski definition) is 17. The van der Waals surface area contributed by atoms with E-state index >= 15 is 0 Å². The predicted molar refractivity (Wildman–Crippen MR) is 360 cm³/mol. The molecule has 0 saturated carbocycles. The first kappa shape index (κ1) is 84.1. The smallest absolute Gasteiger partial charge is 0.404 e. The van der Waals surface area contributed by atoms with Crippen LogP contribution in [0, 0.1) is 73.0 Å². The molecular weight excluding hydrogens is 1220 g/mol. The Kier molecular flexibility index (Phi) is 39.5. The number of carbonyl (C=O) groups is 9. The molecule has 0 aliphatic rings. The van der Waals surface area contributed by atoms with Crippen LogP contribution in [-0.2, 0) is 56.0 Å². The third-order valence-corrected chi connectivity index (χ3v) is 17.3. The van der Waals surface area contributed by atoms with Crippen molar-refractivity contribution in [1.82, 2.24) is 62.9 Å². The zero-order chi connectivity index (χ0) is 70.3. The summed E-state index contributed by atoms with van der Waals surface area (Å²) in [6.07, 6.45) is -0.744. The Balaban J connectivity index is 0.000000920.